The first-order valence-electron chi connectivity index (χ1n) is 9.96. The summed E-state index contributed by atoms with van der Waals surface area (Å²) in [6, 6.07) is 7.37. The molecule has 1 aromatic heterocycles. The van der Waals surface area contributed by atoms with Crippen LogP contribution >= 0.6 is 0 Å². The predicted molar refractivity (Wildman–Crippen MR) is 116 cm³/mol. The molecular weight excluding hydrogens is 414 g/mol. The second-order valence-corrected chi connectivity index (χ2v) is 7.13. The summed E-state index contributed by atoms with van der Waals surface area (Å²) >= 11 is 0. The number of carbonyl (C=O) groups excluding carboxylic acids is 3. The number of rotatable bonds is 7. The minimum absolute atomic E-state index is 0.181. The Balaban J connectivity index is 1.72. The number of methoxy groups -OCH3 is 3. The molecule has 0 radical (unpaired) electrons. The normalized spacial score (nSPS) is 17.8. The Kier molecular flexibility index (Phi) is 7.43. The number of hydrogen-bond donors (Lipinski definition) is 1. The number of pyridine rings is 1. The highest BCUT2D eigenvalue weighted by atomic mass is 16.5. The first kappa shape index (κ1) is 22.8. The van der Waals surface area contributed by atoms with Crippen molar-refractivity contribution in [1.82, 2.24) is 15.2 Å². The summed E-state index contributed by atoms with van der Waals surface area (Å²) in [4.78, 5) is 42.9. The van der Waals surface area contributed by atoms with Crippen LogP contribution in [0.5, 0.6) is 11.5 Å². The molecule has 0 bridgehead atoms. The molecule has 2 heterocycles. The molecule has 32 heavy (non-hydrogen) atoms. The van der Waals surface area contributed by atoms with Crippen LogP contribution in [0, 0.1) is 0 Å². The fourth-order valence-electron chi connectivity index (χ4n) is 3.53. The molecule has 1 aliphatic heterocycles. The van der Waals surface area contributed by atoms with E-state index in [0.29, 0.717) is 17.1 Å². The monoisotopic (exact) mass is 439 g/mol. The van der Waals surface area contributed by atoms with E-state index in [-0.39, 0.29) is 24.8 Å². The third-order valence-electron chi connectivity index (χ3n) is 5.14. The standard InChI is InChI=1S/C23H25N3O6/c1-30-19-8-6-15(11-20(19)31-2)7-9-21(27)26-14-17(12-18(26)23(29)32-3)25-22(28)16-5-4-10-24-13-16/h4-11,13,17-18H,12,14H2,1-3H3,(H,25,28)/b9-7+/t17-,18-/m0/s1. The van der Waals surface area contributed by atoms with Gasteiger partial charge in [0.15, 0.2) is 11.5 Å². The van der Waals surface area contributed by atoms with Gasteiger partial charge < -0.3 is 24.4 Å². The molecule has 1 aliphatic rings. The summed E-state index contributed by atoms with van der Waals surface area (Å²) in [5, 5.41) is 2.86. The van der Waals surface area contributed by atoms with Crippen molar-refractivity contribution in [2.75, 3.05) is 27.9 Å². The van der Waals surface area contributed by atoms with Crippen LogP contribution in [-0.4, -0.2) is 67.6 Å². The van der Waals surface area contributed by atoms with Crippen molar-refractivity contribution in [3.05, 3.63) is 59.9 Å². The zero-order valence-corrected chi connectivity index (χ0v) is 18.1. The Bertz CT molecular complexity index is 1010. The van der Waals surface area contributed by atoms with E-state index in [1.54, 1.807) is 49.7 Å². The average Bonchev–Trinajstić information content (AvgIpc) is 3.26. The Morgan fingerprint density at radius 2 is 1.91 bits per heavy atom. The third-order valence-corrected chi connectivity index (χ3v) is 5.14. The second-order valence-electron chi connectivity index (χ2n) is 7.13. The first-order chi connectivity index (χ1) is 15.5. The number of nitrogens with one attached hydrogen (secondary N) is 1. The van der Waals surface area contributed by atoms with Crippen LogP contribution in [0.1, 0.15) is 22.3 Å². The van der Waals surface area contributed by atoms with E-state index < -0.39 is 18.1 Å². The van der Waals surface area contributed by atoms with Crippen LogP contribution in [-0.2, 0) is 14.3 Å². The van der Waals surface area contributed by atoms with Gasteiger partial charge >= 0.3 is 5.97 Å². The first-order valence-corrected chi connectivity index (χ1v) is 9.96. The highest BCUT2D eigenvalue weighted by Gasteiger charge is 2.40. The molecule has 1 N–H and O–H groups in total. The summed E-state index contributed by atoms with van der Waals surface area (Å²) in [5.41, 5.74) is 1.13. The number of amides is 2. The lowest BCUT2D eigenvalue weighted by Gasteiger charge is -2.20. The Hall–Kier alpha value is -3.88. The molecule has 1 saturated heterocycles. The lowest BCUT2D eigenvalue weighted by atomic mass is 10.1. The van der Waals surface area contributed by atoms with Crippen LogP contribution in [0.3, 0.4) is 0 Å². The van der Waals surface area contributed by atoms with Gasteiger partial charge in [-0.2, -0.15) is 0 Å². The summed E-state index contributed by atoms with van der Waals surface area (Å²) < 4.78 is 15.3. The van der Waals surface area contributed by atoms with Gasteiger partial charge in [-0.25, -0.2) is 4.79 Å². The molecule has 1 aromatic carbocycles. The van der Waals surface area contributed by atoms with E-state index in [2.05, 4.69) is 10.3 Å². The molecule has 1 fully saturated rings. The number of likely N-dealkylation sites (tertiary alicyclic amines) is 1. The number of esters is 1. The Morgan fingerprint density at radius 1 is 1.12 bits per heavy atom. The lowest BCUT2D eigenvalue weighted by molar-refractivity contribution is -0.149. The smallest absolute Gasteiger partial charge is 0.328 e. The van der Waals surface area contributed by atoms with Gasteiger partial charge in [0.1, 0.15) is 6.04 Å². The second kappa shape index (κ2) is 10.4. The van der Waals surface area contributed by atoms with Gasteiger partial charge in [0.25, 0.3) is 5.91 Å². The van der Waals surface area contributed by atoms with Crippen molar-refractivity contribution in [2.45, 2.75) is 18.5 Å². The molecule has 9 nitrogen and oxygen atoms in total. The maximum atomic E-state index is 12.9. The minimum atomic E-state index is -0.790. The van der Waals surface area contributed by atoms with E-state index in [1.807, 2.05) is 0 Å². The van der Waals surface area contributed by atoms with Gasteiger partial charge in [0, 0.05) is 37.5 Å². The van der Waals surface area contributed by atoms with Gasteiger partial charge in [-0.3, -0.25) is 14.6 Å². The largest absolute Gasteiger partial charge is 0.493 e. The van der Waals surface area contributed by atoms with E-state index in [9.17, 15) is 14.4 Å². The summed E-state index contributed by atoms with van der Waals surface area (Å²) in [6.07, 6.45) is 6.29. The number of hydrogen-bond acceptors (Lipinski definition) is 7. The SMILES string of the molecule is COC(=O)[C@@H]1C[C@H](NC(=O)c2cccnc2)CN1C(=O)/C=C/c1ccc(OC)c(OC)c1. The van der Waals surface area contributed by atoms with Crippen molar-refractivity contribution in [1.29, 1.82) is 0 Å². The topological polar surface area (TPSA) is 107 Å². The Morgan fingerprint density at radius 3 is 2.56 bits per heavy atom. The number of carbonyl (C=O) groups is 3. The zero-order chi connectivity index (χ0) is 23.1. The maximum absolute atomic E-state index is 12.9. The van der Waals surface area contributed by atoms with Crippen LogP contribution in [0.15, 0.2) is 48.8 Å². The van der Waals surface area contributed by atoms with E-state index in [1.165, 1.54) is 31.4 Å². The van der Waals surface area contributed by atoms with Gasteiger partial charge in [0.2, 0.25) is 5.91 Å². The number of ether oxygens (including phenoxy) is 3. The van der Waals surface area contributed by atoms with Gasteiger partial charge in [0.05, 0.1) is 26.9 Å². The molecule has 0 spiro atoms. The zero-order valence-electron chi connectivity index (χ0n) is 18.1. The maximum Gasteiger partial charge on any atom is 0.328 e. The lowest BCUT2D eigenvalue weighted by Crippen LogP contribution is -2.41. The molecule has 9 heteroatoms. The number of nitrogens with zero attached hydrogens (tertiary/aromatic N) is 2. The molecule has 2 aromatic rings. The van der Waals surface area contributed by atoms with Crippen molar-refractivity contribution in [2.24, 2.45) is 0 Å². The average molecular weight is 439 g/mol. The van der Waals surface area contributed by atoms with Gasteiger partial charge in [-0.1, -0.05) is 6.07 Å². The van der Waals surface area contributed by atoms with Gasteiger partial charge in [-0.05, 0) is 35.9 Å². The molecule has 2 atom stereocenters. The molecule has 0 aliphatic carbocycles. The quantitative estimate of drug-likeness (QED) is 0.517. The van der Waals surface area contributed by atoms with Crippen LogP contribution < -0.4 is 14.8 Å². The fourth-order valence-corrected chi connectivity index (χ4v) is 3.53. The third kappa shape index (κ3) is 5.23. The molecule has 0 unspecified atom stereocenters. The number of aromatic nitrogens is 1. The van der Waals surface area contributed by atoms with E-state index in [0.717, 1.165) is 5.56 Å². The highest BCUT2D eigenvalue weighted by molar-refractivity contribution is 5.96. The van der Waals surface area contributed by atoms with Crippen molar-refractivity contribution in [3.8, 4) is 11.5 Å². The van der Waals surface area contributed by atoms with E-state index in [4.69, 9.17) is 14.2 Å². The van der Waals surface area contributed by atoms with Crippen LogP contribution in [0.2, 0.25) is 0 Å². The van der Waals surface area contributed by atoms with Crippen molar-refractivity contribution in [3.63, 3.8) is 0 Å². The Labute approximate surface area is 186 Å². The minimum Gasteiger partial charge on any atom is -0.493 e. The summed E-state index contributed by atoms with van der Waals surface area (Å²) in [5.74, 6) is -0.103. The van der Waals surface area contributed by atoms with Gasteiger partial charge in [-0.15, -0.1) is 0 Å². The molecule has 168 valence electrons. The molecule has 3 rings (SSSR count). The molecule has 0 saturated carbocycles. The van der Waals surface area contributed by atoms with Crippen LogP contribution in [0.4, 0.5) is 0 Å². The summed E-state index contributed by atoms with van der Waals surface area (Å²) in [6.45, 7) is 0.181. The molecule has 2 amide bonds. The van der Waals surface area contributed by atoms with E-state index >= 15 is 0 Å². The van der Waals surface area contributed by atoms with Crippen molar-refractivity contribution >= 4 is 23.9 Å². The van der Waals surface area contributed by atoms with Crippen molar-refractivity contribution < 1.29 is 28.6 Å². The fraction of sp³-hybridized carbons (Fsp3) is 0.304. The summed E-state index contributed by atoms with van der Waals surface area (Å²) in [7, 11) is 4.34. The highest BCUT2D eigenvalue weighted by Crippen LogP contribution is 2.28. The predicted octanol–water partition coefficient (Wildman–Crippen LogP) is 1.68. The van der Waals surface area contributed by atoms with Crippen LogP contribution in [0.25, 0.3) is 6.08 Å². The number of benzene rings is 1. The molecular formula is C23H25N3O6.